The predicted octanol–water partition coefficient (Wildman–Crippen LogP) is 4.08. The molecule has 2 rings (SSSR count). The average molecular weight is 335 g/mol. The summed E-state index contributed by atoms with van der Waals surface area (Å²) in [6.07, 6.45) is 1.21. The maximum Gasteiger partial charge on any atom is 0.234 e. The highest BCUT2D eigenvalue weighted by atomic mass is 35.5. The van der Waals surface area contributed by atoms with Crippen LogP contribution in [-0.2, 0) is 4.79 Å². The van der Waals surface area contributed by atoms with Gasteiger partial charge in [0.05, 0.1) is 12.9 Å². The Hall–Kier alpha value is -1.98. The van der Waals surface area contributed by atoms with Crippen LogP contribution in [0.5, 0.6) is 5.75 Å². The molecule has 6 heteroatoms. The number of hydrogen-bond acceptors (Lipinski definition) is 4. The van der Waals surface area contributed by atoms with Crippen LogP contribution < -0.4 is 10.1 Å². The lowest BCUT2D eigenvalue weighted by molar-refractivity contribution is -0.113. The fourth-order valence-electron chi connectivity index (χ4n) is 1.78. The summed E-state index contributed by atoms with van der Waals surface area (Å²) in [4.78, 5) is 12.9. The van der Waals surface area contributed by atoms with Gasteiger partial charge in [-0.1, -0.05) is 11.6 Å². The Labute approximate surface area is 138 Å². The van der Waals surface area contributed by atoms with E-state index < -0.39 is 0 Å². The molecule has 0 saturated carbocycles. The second-order valence-electron chi connectivity index (χ2n) is 4.39. The van der Waals surface area contributed by atoms with Crippen LogP contribution in [0.4, 0.5) is 5.69 Å². The van der Waals surface area contributed by atoms with Gasteiger partial charge in [0.15, 0.2) is 0 Å². The average Bonchev–Trinajstić information content (AvgIpc) is 2.54. The van der Waals surface area contributed by atoms with Crippen molar-refractivity contribution >= 4 is 41.2 Å². The lowest BCUT2D eigenvalue weighted by Gasteiger charge is -2.09. The highest BCUT2D eigenvalue weighted by molar-refractivity contribution is 8.00. The fraction of sp³-hybridized carbons (Fsp3) is 0.125. The molecule has 0 fully saturated rings. The third kappa shape index (κ3) is 4.51. The van der Waals surface area contributed by atoms with E-state index in [0.29, 0.717) is 27.8 Å². The maximum atomic E-state index is 12.0. The van der Waals surface area contributed by atoms with Crippen molar-refractivity contribution in [3.63, 3.8) is 0 Å². The molecule has 4 nitrogen and oxygen atoms in total. The number of carbonyl (C=O) groups is 1. The van der Waals surface area contributed by atoms with E-state index in [9.17, 15) is 4.79 Å². The maximum absolute atomic E-state index is 12.0. The molecule has 0 aliphatic rings. The number of carbonyl (C=O) groups excluding carboxylic acids is 1. The molecule has 0 aromatic heterocycles. The molecule has 1 amide bonds. The molecule has 2 N–H and O–H groups in total. The van der Waals surface area contributed by atoms with Crippen LogP contribution in [0, 0.1) is 5.41 Å². The van der Waals surface area contributed by atoms with E-state index in [1.54, 1.807) is 30.3 Å². The summed E-state index contributed by atoms with van der Waals surface area (Å²) >= 11 is 7.25. The van der Waals surface area contributed by atoms with Crippen LogP contribution in [-0.4, -0.2) is 25.0 Å². The van der Waals surface area contributed by atoms with E-state index in [-0.39, 0.29) is 5.91 Å². The van der Waals surface area contributed by atoms with E-state index in [4.69, 9.17) is 21.7 Å². The molecule has 0 bridgehead atoms. The number of anilines is 1. The Balaban J connectivity index is 1.94. The van der Waals surface area contributed by atoms with Crippen molar-refractivity contribution in [2.45, 2.75) is 4.90 Å². The highest BCUT2D eigenvalue weighted by Crippen LogP contribution is 2.23. The van der Waals surface area contributed by atoms with Crippen LogP contribution in [0.25, 0.3) is 0 Å². The van der Waals surface area contributed by atoms with Gasteiger partial charge in [-0.3, -0.25) is 4.79 Å². The minimum atomic E-state index is -0.107. The Kier molecular flexibility index (Phi) is 5.86. The number of benzene rings is 2. The predicted molar refractivity (Wildman–Crippen MR) is 91.7 cm³/mol. The summed E-state index contributed by atoms with van der Waals surface area (Å²) in [5, 5.41) is 10.8. The summed E-state index contributed by atoms with van der Waals surface area (Å²) in [5.41, 5.74) is 1.31. The number of ether oxygens (including phenoxy) is 1. The molecule has 0 heterocycles. The zero-order valence-electron chi connectivity index (χ0n) is 11.9. The molecule has 0 radical (unpaired) electrons. The molecule has 0 spiro atoms. The Morgan fingerprint density at radius 1 is 1.32 bits per heavy atom. The third-order valence-electron chi connectivity index (χ3n) is 2.86. The van der Waals surface area contributed by atoms with Gasteiger partial charge in [0, 0.05) is 33.4 Å². The Morgan fingerprint density at radius 2 is 2.05 bits per heavy atom. The first kappa shape index (κ1) is 16.4. The van der Waals surface area contributed by atoms with Crippen molar-refractivity contribution in [3.8, 4) is 5.75 Å². The molecular weight excluding hydrogens is 320 g/mol. The number of amides is 1. The summed E-state index contributed by atoms with van der Waals surface area (Å²) in [7, 11) is 1.53. The SMILES string of the molecule is COc1cc(NC(=O)CSc2ccc(Cl)cc2)ccc1C=N. The monoisotopic (exact) mass is 334 g/mol. The minimum absolute atomic E-state index is 0.107. The number of thioether (sulfide) groups is 1. The molecule has 0 atom stereocenters. The second kappa shape index (κ2) is 7.87. The first-order valence-corrected chi connectivity index (χ1v) is 7.85. The molecule has 0 unspecified atom stereocenters. The zero-order chi connectivity index (χ0) is 15.9. The van der Waals surface area contributed by atoms with Crippen molar-refractivity contribution < 1.29 is 9.53 Å². The number of rotatable bonds is 6. The topological polar surface area (TPSA) is 62.2 Å². The molecule has 114 valence electrons. The quantitative estimate of drug-likeness (QED) is 0.618. The van der Waals surface area contributed by atoms with Gasteiger partial charge < -0.3 is 15.5 Å². The highest BCUT2D eigenvalue weighted by Gasteiger charge is 2.07. The van der Waals surface area contributed by atoms with Gasteiger partial charge in [-0.2, -0.15) is 0 Å². The summed E-state index contributed by atoms with van der Waals surface area (Å²) < 4.78 is 5.18. The molecule has 0 aliphatic carbocycles. The molecular formula is C16H15ClN2O2S. The van der Waals surface area contributed by atoms with Gasteiger partial charge in [-0.05, 0) is 36.4 Å². The van der Waals surface area contributed by atoms with E-state index in [1.165, 1.54) is 25.1 Å². The third-order valence-corrected chi connectivity index (χ3v) is 4.12. The molecule has 2 aromatic carbocycles. The van der Waals surface area contributed by atoms with Crippen molar-refractivity contribution in [1.29, 1.82) is 5.41 Å². The van der Waals surface area contributed by atoms with Gasteiger partial charge in [0.25, 0.3) is 0 Å². The smallest absolute Gasteiger partial charge is 0.234 e. The molecule has 0 saturated heterocycles. The number of nitrogens with one attached hydrogen (secondary N) is 2. The Bertz CT molecular complexity index is 674. The first-order chi connectivity index (χ1) is 10.6. The lowest BCUT2D eigenvalue weighted by Crippen LogP contribution is -2.14. The number of halogens is 1. The fourth-order valence-corrected chi connectivity index (χ4v) is 2.61. The molecule has 2 aromatic rings. The van der Waals surface area contributed by atoms with Gasteiger partial charge >= 0.3 is 0 Å². The van der Waals surface area contributed by atoms with Crippen LogP contribution in [0.1, 0.15) is 5.56 Å². The minimum Gasteiger partial charge on any atom is -0.496 e. The zero-order valence-corrected chi connectivity index (χ0v) is 13.5. The van der Waals surface area contributed by atoms with Crippen LogP contribution in [0.2, 0.25) is 5.02 Å². The lowest BCUT2D eigenvalue weighted by atomic mass is 10.2. The van der Waals surface area contributed by atoms with Crippen molar-refractivity contribution in [1.82, 2.24) is 0 Å². The first-order valence-electron chi connectivity index (χ1n) is 6.49. The van der Waals surface area contributed by atoms with E-state index in [0.717, 1.165) is 4.90 Å². The van der Waals surface area contributed by atoms with Crippen molar-refractivity contribution in [2.75, 3.05) is 18.2 Å². The van der Waals surface area contributed by atoms with E-state index >= 15 is 0 Å². The molecule has 22 heavy (non-hydrogen) atoms. The normalized spacial score (nSPS) is 10.1. The van der Waals surface area contributed by atoms with E-state index in [1.807, 2.05) is 12.1 Å². The van der Waals surface area contributed by atoms with Gasteiger partial charge in [0.1, 0.15) is 5.75 Å². The number of hydrogen-bond donors (Lipinski definition) is 2. The summed E-state index contributed by atoms with van der Waals surface area (Å²) in [6.45, 7) is 0. The van der Waals surface area contributed by atoms with Crippen LogP contribution in [0.3, 0.4) is 0 Å². The number of methoxy groups -OCH3 is 1. The van der Waals surface area contributed by atoms with Crippen LogP contribution >= 0.6 is 23.4 Å². The summed E-state index contributed by atoms with van der Waals surface area (Å²) in [5.74, 6) is 0.749. The summed E-state index contributed by atoms with van der Waals surface area (Å²) in [6, 6.07) is 12.5. The largest absolute Gasteiger partial charge is 0.496 e. The molecule has 0 aliphatic heterocycles. The Morgan fingerprint density at radius 3 is 2.68 bits per heavy atom. The van der Waals surface area contributed by atoms with Crippen molar-refractivity contribution in [3.05, 3.63) is 53.1 Å². The van der Waals surface area contributed by atoms with Gasteiger partial charge in [-0.25, -0.2) is 0 Å². The van der Waals surface area contributed by atoms with Crippen LogP contribution in [0.15, 0.2) is 47.4 Å². The van der Waals surface area contributed by atoms with Gasteiger partial charge in [-0.15, -0.1) is 11.8 Å². The van der Waals surface area contributed by atoms with Gasteiger partial charge in [0.2, 0.25) is 5.91 Å². The van der Waals surface area contributed by atoms with E-state index in [2.05, 4.69) is 5.32 Å². The van der Waals surface area contributed by atoms with Crippen molar-refractivity contribution in [2.24, 2.45) is 0 Å². The standard InChI is InChI=1S/C16H15ClN2O2S/c1-21-15-8-13(5-2-11(15)9-18)19-16(20)10-22-14-6-3-12(17)4-7-14/h2-9,18H,10H2,1H3,(H,19,20). The second-order valence-corrected chi connectivity index (χ2v) is 5.88.